The summed E-state index contributed by atoms with van der Waals surface area (Å²) in [6.07, 6.45) is 1.41. The zero-order valence-electron chi connectivity index (χ0n) is 12.8. The van der Waals surface area contributed by atoms with Gasteiger partial charge in [0.25, 0.3) is 0 Å². The van der Waals surface area contributed by atoms with E-state index in [2.05, 4.69) is 12.1 Å². The van der Waals surface area contributed by atoms with Crippen molar-refractivity contribution in [3.63, 3.8) is 0 Å². The highest BCUT2D eigenvalue weighted by Crippen LogP contribution is 2.31. The highest BCUT2D eigenvalue weighted by molar-refractivity contribution is 8.04. The van der Waals surface area contributed by atoms with Crippen LogP contribution in [0.15, 0.2) is 53.6 Å². The van der Waals surface area contributed by atoms with Crippen molar-refractivity contribution >= 4 is 34.4 Å². The second kappa shape index (κ2) is 6.87. The zero-order chi connectivity index (χ0) is 16.2. The van der Waals surface area contributed by atoms with Crippen molar-refractivity contribution in [2.45, 2.75) is 13.5 Å². The molecule has 1 heterocycles. The molecular weight excluding hydrogens is 310 g/mol. The lowest BCUT2D eigenvalue weighted by Crippen LogP contribution is -2.24. The van der Waals surface area contributed by atoms with Gasteiger partial charge in [0.05, 0.1) is 30.0 Å². The third-order valence-electron chi connectivity index (χ3n) is 3.65. The van der Waals surface area contributed by atoms with Crippen molar-refractivity contribution in [3.05, 3.63) is 59.1 Å². The lowest BCUT2D eigenvalue weighted by molar-refractivity contribution is -0.137. The van der Waals surface area contributed by atoms with Crippen molar-refractivity contribution in [1.82, 2.24) is 4.90 Å². The summed E-state index contributed by atoms with van der Waals surface area (Å²) in [5.74, 6) is -0.0400. The molecule has 0 N–H and O–H groups in total. The molecule has 0 unspecified atom stereocenters. The summed E-state index contributed by atoms with van der Waals surface area (Å²) in [6.45, 7) is 2.54. The standard InChI is InChI=1S/C18H17NO3S/c1-2-22-18(21)10-17-19(16(20)12-23-17)11-14-8-5-7-13-6-3-4-9-15(13)14/h3-10H,2,11-12H2,1H3/b17-10-. The van der Waals surface area contributed by atoms with E-state index in [1.807, 2.05) is 30.3 Å². The average molecular weight is 327 g/mol. The van der Waals surface area contributed by atoms with Crippen LogP contribution in [-0.2, 0) is 20.9 Å². The first-order valence-corrected chi connectivity index (χ1v) is 8.46. The highest BCUT2D eigenvalue weighted by Gasteiger charge is 2.27. The fourth-order valence-electron chi connectivity index (χ4n) is 2.59. The molecule has 1 saturated heterocycles. The van der Waals surface area contributed by atoms with E-state index in [0.717, 1.165) is 16.3 Å². The molecule has 0 atom stereocenters. The van der Waals surface area contributed by atoms with Crippen LogP contribution >= 0.6 is 11.8 Å². The Labute approximate surface area is 139 Å². The van der Waals surface area contributed by atoms with E-state index in [9.17, 15) is 9.59 Å². The van der Waals surface area contributed by atoms with Crippen LogP contribution in [0.5, 0.6) is 0 Å². The van der Waals surface area contributed by atoms with Gasteiger partial charge in [-0.25, -0.2) is 4.79 Å². The van der Waals surface area contributed by atoms with Crippen LogP contribution in [0, 0.1) is 0 Å². The Hall–Kier alpha value is -2.27. The average Bonchev–Trinajstić information content (AvgIpc) is 2.88. The van der Waals surface area contributed by atoms with Crippen LogP contribution in [0.3, 0.4) is 0 Å². The Morgan fingerprint density at radius 2 is 2.04 bits per heavy atom. The topological polar surface area (TPSA) is 46.6 Å². The number of hydrogen-bond donors (Lipinski definition) is 0. The quantitative estimate of drug-likeness (QED) is 0.638. The first-order chi connectivity index (χ1) is 11.2. The Morgan fingerprint density at radius 3 is 2.87 bits per heavy atom. The molecule has 3 rings (SSSR count). The number of esters is 1. The number of hydrogen-bond acceptors (Lipinski definition) is 4. The predicted octanol–water partition coefficient (Wildman–Crippen LogP) is 3.32. The molecule has 2 aromatic carbocycles. The van der Waals surface area contributed by atoms with Gasteiger partial charge in [0.2, 0.25) is 5.91 Å². The maximum absolute atomic E-state index is 12.2. The number of rotatable bonds is 4. The second-order valence-corrected chi connectivity index (χ2v) is 6.14. The SMILES string of the molecule is CCOC(=O)/C=C1\SCC(=O)N1Cc1cccc2ccccc12. The van der Waals surface area contributed by atoms with E-state index < -0.39 is 5.97 Å². The van der Waals surface area contributed by atoms with E-state index >= 15 is 0 Å². The number of thioether (sulfide) groups is 1. The lowest BCUT2D eigenvalue weighted by atomic mass is 10.0. The van der Waals surface area contributed by atoms with Crippen molar-refractivity contribution in [2.75, 3.05) is 12.4 Å². The number of ether oxygens (including phenoxy) is 1. The molecule has 1 amide bonds. The number of amides is 1. The Bertz CT molecular complexity index is 779. The van der Waals surface area contributed by atoms with Gasteiger partial charge in [0.15, 0.2) is 0 Å². The first-order valence-electron chi connectivity index (χ1n) is 7.47. The maximum atomic E-state index is 12.2. The molecule has 0 bridgehead atoms. The number of carbonyl (C=O) groups is 2. The minimum absolute atomic E-state index is 0.0125. The summed E-state index contributed by atoms with van der Waals surface area (Å²) in [5, 5.41) is 2.91. The van der Waals surface area contributed by atoms with E-state index in [1.54, 1.807) is 11.8 Å². The van der Waals surface area contributed by atoms with Crippen molar-refractivity contribution in [2.24, 2.45) is 0 Å². The van der Waals surface area contributed by atoms with Crippen LogP contribution in [0.2, 0.25) is 0 Å². The summed E-state index contributed by atoms with van der Waals surface area (Å²) in [6, 6.07) is 14.1. The number of fused-ring (bicyclic) bond motifs is 1. The third kappa shape index (κ3) is 3.40. The smallest absolute Gasteiger partial charge is 0.333 e. The van der Waals surface area contributed by atoms with E-state index in [4.69, 9.17) is 4.74 Å². The third-order valence-corrected chi connectivity index (χ3v) is 4.67. The Kier molecular flexibility index (Phi) is 4.67. The molecule has 118 valence electrons. The predicted molar refractivity (Wildman–Crippen MR) is 91.7 cm³/mol. The molecule has 0 aromatic heterocycles. The summed E-state index contributed by atoms with van der Waals surface area (Å²) in [4.78, 5) is 25.5. The molecule has 0 radical (unpaired) electrons. The summed E-state index contributed by atoms with van der Waals surface area (Å²) >= 11 is 1.37. The number of nitrogens with zero attached hydrogens (tertiary/aromatic N) is 1. The second-order valence-electron chi connectivity index (χ2n) is 5.14. The largest absolute Gasteiger partial charge is 0.463 e. The Balaban J connectivity index is 1.90. The fraction of sp³-hybridized carbons (Fsp3) is 0.222. The highest BCUT2D eigenvalue weighted by atomic mass is 32.2. The molecule has 1 aliphatic heterocycles. The minimum Gasteiger partial charge on any atom is -0.463 e. The van der Waals surface area contributed by atoms with Gasteiger partial charge in [-0.15, -0.1) is 0 Å². The van der Waals surface area contributed by atoms with Crippen molar-refractivity contribution in [3.8, 4) is 0 Å². The molecule has 23 heavy (non-hydrogen) atoms. The van der Waals surface area contributed by atoms with Gasteiger partial charge >= 0.3 is 5.97 Å². The van der Waals surface area contributed by atoms with Crippen LogP contribution in [0.25, 0.3) is 10.8 Å². The molecule has 0 aliphatic carbocycles. The molecule has 2 aromatic rings. The lowest BCUT2D eigenvalue weighted by Gasteiger charge is -2.18. The fourth-order valence-corrected chi connectivity index (χ4v) is 3.51. The molecule has 1 fully saturated rings. The van der Waals surface area contributed by atoms with E-state index in [0.29, 0.717) is 23.9 Å². The van der Waals surface area contributed by atoms with Crippen LogP contribution in [0.1, 0.15) is 12.5 Å². The summed E-state index contributed by atoms with van der Waals surface area (Å²) < 4.78 is 4.94. The van der Waals surface area contributed by atoms with Gasteiger partial charge in [-0.2, -0.15) is 0 Å². The van der Waals surface area contributed by atoms with Crippen LogP contribution in [-0.4, -0.2) is 29.1 Å². The van der Waals surface area contributed by atoms with Gasteiger partial charge in [0.1, 0.15) is 0 Å². The van der Waals surface area contributed by atoms with Gasteiger partial charge in [-0.1, -0.05) is 54.2 Å². The van der Waals surface area contributed by atoms with Crippen LogP contribution < -0.4 is 0 Å². The normalized spacial score (nSPS) is 16.3. The number of benzene rings is 2. The summed E-state index contributed by atoms with van der Waals surface area (Å²) in [7, 11) is 0. The van der Waals surface area contributed by atoms with Crippen LogP contribution in [0.4, 0.5) is 0 Å². The van der Waals surface area contributed by atoms with Crippen molar-refractivity contribution in [1.29, 1.82) is 0 Å². The monoisotopic (exact) mass is 327 g/mol. The number of carbonyl (C=O) groups excluding carboxylic acids is 2. The molecule has 4 nitrogen and oxygen atoms in total. The molecular formula is C18H17NO3S. The molecule has 5 heteroatoms. The molecule has 0 spiro atoms. The maximum Gasteiger partial charge on any atom is 0.333 e. The van der Waals surface area contributed by atoms with Gasteiger partial charge in [-0.3, -0.25) is 4.79 Å². The van der Waals surface area contributed by atoms with E-state index in [-0.39, 0.29) is 5.91 Å². The molecule has 0 saturated carbocycles. The Morgan fingerprint density at radius 1 is 1.26 bits per heavy atom. The van der Waals surface area contributed by atoms with Gasteiger partial charge in [0, 0.05) is 0 Å². The summed E-state index contributed by atoms with van der Waals surface area (Å²) in [5.41, 5.74) is 1.06. The van der Waals surface area contributed by atoms with Gasteiger partial charge < -0.3 is 9.64 Å². The first kappa shape index (κ1) is 15.6. The van der Waals surface area contributed by atoms with Gasteiger partial charge in [-0.05, 0) is 23.3 Å². The minimum atomic E-state index is -0.410. The molecule has 1 aliphatic rings. The van der Waals surface area contributed by atoms with E-state index in [1.165, 1.54) is 17.8 Å². The van der Waals surface area contributed by atoms with Crippen molar-refractivity contribution < 1.29 is 14.3 Å². The zero-order valence-corrected chi connectivity index (χ0v) is 13.6.